The van der Waals surface area contributed by atoms with E-state index in [9.17, 15) is 13.6 Å². The molecule has 2 aromatic rings. The molecule has 0 bridgehead atoms. The van der Waals surface area contributed by atoms with E-state index in [1.165, 1.54) is 6.07 Å². The third-order valence-electron chi connectivity index (χ3n) is 5.36. The first kappa shape index (κ1) is 17.8. The van der Waals surface area contributed by atoms with E-state index in [1.54, 1.807) is 4.90 Å². The Morgan fingerprint density at radius 1 is 1.00 bits per heavy atom. The summed E-state index contributed by atoms with van der Waals surface area (Å²) in [5.41, 5.74) is 0.963. The first-order chi connectivity index (χ1) is 13.1. The maximum absolute atomic E-state index is 13.3. The standard InChI is InChI=1S/C21H21F2NO3/c22-19-7-6-17(10-20(19)23)27-18-8-15-11-24(12-16(15)9-18)21(25)26-13-14-4-2-1-3-5-14/h1-7,10,15-16,18H,8-9,11-13H2/t15-,16+,18?. The van der Waals surface area contributed by atoms with Gasteiger partial charge in [-0.1, -0.05) is 30.3 Å². The van der Waals surface area contributed by atoms with Gasteiger partial charge in [-0.3, -0.25) is 0 Å². The van der Waals surface area contributed by atoms with E-state index in [0.717, 1.165) is 30.5 Å². The number of carbonyl (C=O) groups excluding carboxylic acids is 1. The highest BCUT2D eigenvalue weighted by Crippen LogP contribution is 2.40. The molecule has 1 saturated heterocycles. The largest absolute Gasteiger partial charge is 0.490 e. The molecule has 2 aromatic carbocycles. The maximum atomic E-state index is 13.3. The van der Waals surface area contributed by atoms with Crippen LogP contribution in [0.3, 0.4) is 0 Å². The molecule has 2 aliphatic rings. The van der Waals surface area contributed by atoms with E-state index in [4.69, 9.17) is 9.47 Å². The molecule has 3 atom stereocenters. The van der Waals surface area contributed by atoms with Crippen LogP contribution in [0.1, 0.15) is 18.4 Å². The summed E-state index contributed by atoms with van der Waals surface area (Å²) in [4.78, 5) is 14.0. The van der Waals surface area contributed by atoms with Gasteiger partial charge in [-0.2, -0.15) is 0 Å². The summed E-state index contributed by atoms with van der Waals surface area (Å²) in [6, 6.07) is 13.2. The van der Waals surface area contributed by atoms with Crippen molar-refractivity contribution in [3.8, 4) is 5.75 Å². The molecule has 1 saturated carbocycles. The van der Waals surface area contributed by atoms with Crippen molar-refractivity contribution in [2.24, 2.45) is 11.8 Å². The van der Waals surface area contributed by atoms with Crippen LogP contribution in [0.4, 0.5) is 13.6 Å². The fourth-order valence-electron chi connectivity index (χ4n) is 4.04. The molecule has 4 rings (SSSR count). The molecule has 6 heteroatoms. The normalized spacial score (nSPS) is 23.9. The number of rotatable bonds is 4. The highest BCUT2D eigenvalue weighted by molar-refractivity contribution is 5.68. The SMILES string of the molecule is O=C(OCc1ccccc1)N1C[C@H]2CC(Oc3ccc(F)c(F)c3)C[C@H]2C1. The first-order valence-electron chi connectivity index (χ1n) is 9.16. The number of halogens is 2. The highest BCUT2D eigenvalue weighted by Gasteiger charge is 2.43. The van der Waals surface area contributed by atoms with Gasteiger partial charge in [-0.05, 0) is 42.4 Å². The van der Waals surface area contributed by atoms with Gasteiger partial charge in [0.1, 0.15) is 12.4 Å². The van der Waals surface area contributed by atoms with Gasteiger partial charge in [0.25, 0.3) is 0 Å². The van der Waals surface area contributed by atoms with E-state index >= 15 is 0 Å². The second-order valence-electron chi connectivity index (χ2n) is 7.25. The van der Waals surface area contributed by atoms with Gasteiger partial charge in [-0.15, -0.1) is 0 Å². The summed E-state index contributed by atoms with van der Waals surface area (Å²) < 4.78 is 37.5. The van der Waals surface area contributed by atoms with Crippen LogP contribution in [0.15, 0.2) is 48.5 Å². The quantitative estimate of drug-likeness (QED) is 0.798. The molecule has 27 heavy (non-hydrogen) atoms. The van der Waals surface area contributed by atoms with Crippen LogP contribution in [-0.2, 0) is 11.3 Å². The minimum Gasteiger partial charge on any atom is -0.490 e. The van der Waals surface area contributed by atoms with E-state index in [0.29, 0.717) is 30.7 Å². The van der Waals surface area contributed by atoms with Crippen LogP contribution < -0.4 is 4.74 Å². The Hall–Kier alpha value is -2.63. The average molecular weight is 373 g/mol. The number of benzene rings is 2. The van der Waals surface area contributed by atoms with Crippen LogP contribution in [0.2, 0.25) is 0 Å². The van der Waals surface area contributed by atoms with Gasteiger partial charge in [0.05, 0.1) is 6.10 Å². The molecule has 1 aliphatic heterocycles. The molecule has 1 amide bonds. The molecule has 142 valence electrons. The highest BCUT2D eigenvalue weighted by atomic mass is 19.2. The zero-order valence-electron chi connectivity index (χ0n) is 14.8. The molecule has 0 radical (unpaired) electrons. The van der Waals surface area contributed by atoms with Gasteiger partial charge in [0.15, 0.2) is 11.6 Å². The van der Waals surface area contributed by atoms with Crippen molar-refractivity contribution in [1.82, 2.24) is 4.90 Å². The summed E-state index contributed by atoms with van der Waals surface area (Å²) in [7, 11) is 0. The van der Waals surface area contributed by atoms with E-state index in [2.05, 4.69) is 0 Å². The second-order valence-corrected chi connectivity index (χ2v) is 7.25. The molecular weight excluding hydrogens is 352 g/mol. The van der Waals surface area contributed by atoms with Crippen LogP contribution >= 0.6 is 0 Å². The number of amides is 1. The lowest BCUT2D eigenvalue weighted by atomic mass is 10.0. The number of carbonyl (C=O) groups is 1. The van der Waals surface area contributed by atoms with Gasteiger partial charge in [0, 0.05) is 19.2 Å². The molecule has 2 fully saturated rings. The molecule has 0 spiro atoms. The number of ether oxygens (including phenoxy) is 2. The minimum atomic E-state index is -0.905. The Bertz CT molecular complexity index is 800. The summed E-state index contributed by atoms with van der Waals surface area (Å²) >= 11 is 0. The van der Waals surface area contributed by atoms with Crippen molar-refractivity contribution < 1.29 is 23.0 Å². The number of hydrogen-bond acceptors (Lipinski definition) is 3. The topological polar surface area (TPSA) is 38.8 Å². The molecule has 0 N–H and O–H groups in total. The van der Waals surface area contributed by atoms with Crippen LogP contribution in [0.25, 0.3) is 0 Å². The van der Waals surface area contributed by atoms with E-state index < -0.39 is 11.6 Å². The Balaban J connectivity index is 1.26. The number of likely N-dealkylation sites (tertiary alicyclic amines) is 1. The predicted octanol–water partition coefficient (Wildman–Crippen LogP) is 4.39. The Morgan fingerprint density at radius 2 is 1.70 bits per heavy atom. The second kappa shape index (κ2) is 7.55. The molecule has 1 unspecified atom stereocenters. The lowest BCUT2D eigenvalue weighted by Crippen LogP contribution is -2.31. The maximum Gasteiger partial charge on any atom is 0.410 e. The zero-order chi connectivity index (χ0) is 18.8. The van der Waals surface area contributed by atoms with Crippen molar-refractivity contribution in [3.63, 3.8) is 0 Å². The monoisotopic (exact) mass is 373 g/mol. The van der Waals surface area contributed by atoms with Crippen molar-refractivity contribution in [2.75, 3.05) is 13.1 Å². The average Bonchev–Trinajstić information content (AvgIpc) is 3.22. The summed E-state index contributed by atoms with van der Waals surface area (Å²) in [5, 5.41) is 0. The predicted molar refractivity (Wildman–Crippen MR) is 95.2 cm³/mol. The molecule has 0 aromatic heterocycles. The minimum absolute atomic E-state index is 0.0349. The molecule has 1 heterocycles. The van der Waals surface area contributed by atoms with Gasteiger partial charge in [-0.25, -0.2) is 13.6 Å². The summed E-state index contributed by atoms with van der Waals surface area (Å²) in [6.45, 7) is 1.57. The fourth-order valence-corrected chi connectivity index (χ4v) is 4.04. The Morgan fingerprint density at radius 3 is 2.37 bits per heavy atom. The lowest BCUT2D eigenvalue weighted by molar-refractivity contribution is 0.0985. The van der Waals surface area contributed by atoms with Crippen LogP contribution in [0.5, 0.6) is 5.75 Å². The fraction of sp³-hybridized carbons (Fsp3) is 0.381. The summed E-state index contributed by atoms with van der Waals surface area (Å²) in [5.74, 6) is -0.736. The smallest absolute Gasteiger partial charge is 0.410 e. The first-order valence-corrected chi connectivity index (χ1v) is 9.16. The molecule has 1 aliphatic carbocycles. The van der Waals surface area contributed by atoms with Gasteiger partial charge < -0.3 is 14.4 Å². The Kier molecular flexibility index (Phi) is 4.97. The summed E-state index contributed by atoms with van der Waals surface area (Å²) in [6.07, 6.45) is 1.27. The van der Waals surface area contributed by atoms with Crippen LogP contribution in [-0.4, -0.2) is 30.2 Å². The molecule has 4 nitrogen and oxygen atoms in total. The Labute approximate surface area is 156 Å². The van der Waals surface area contributed by atoms with Crippen LogP contribution in [0, 0.1) is 23.5 Å². The third-order valence-corrected chi connectivity index (χ3v) is 5.36. The zero-order valence-corrected chi connectivity index (χ0v) is 14.8. The third kappa shape index (κ3) is 4.04. The number of nitrogens with zero attached hydrogens (tertiary/aromatic N) is 1. The van der Waals surface area contributed by atoms with Gasteiger partial charge in [0.2, 0.25) is 0 Å². The van der Waals surface area contributed by atoms with Crippen molar-refractivity contribution in [3.05, 3.63) is 65.7 Å². The van der Waals surface area contributed by atoms with Gasteiger partial charge >= 0.3 is 6.09 Å². The number of hydrogen-bond donors (Lipinski definition) is 0. The van der Waals surface area contributed by atoms with E-state index in [-0.39, 0.29) is 18.8 Å². The van der Waals surface area contributed by atoms with Crippen molar-refractivity contribution in [2.45, 2.75) is 25.6 Å². The van der Waals surface area contributed by atoms with Crippen molar-refractivity contribution in [1.29, 1.82) is 0 Å². The number of fused-ring (bicyclic) bond motifs is 1. The molecular formula is C21H21F2NO3. The van der Waals surface area contributed by atoms with Crippen molar-refractivity contribution >= 4 is 6.09 Å². The van der Waals surface area contributed by atoms with E-state index in [1.807, 2.05) is 30.3 Å². The lowest BCUT2D eigenvalue weighted by Gasteiger charge is -2.20.